The third-order valence-electron chi connectivity index (χ3n) is 2.77. The molecule has 0 fully saturated rings. The van der Waals surface area contributed by atoms with Crippen molar-refractivity contribution in [2.75, 3.05) is 14.2 Å². The number of hydrogen-bond donors (Lipinski definition) is 1. The molecule has 1 heterocycles. The van der Waals surface area contributed by atoms with E-state index in [2.05, 4.69) is 10.3 Å². The summed E-state index contributed by atoms with van der Waals surface area (Å²) in [5.74, 6) is 1.79. The van der Waals surface area contributed by atoms with Crippen molar-refractivity contribution in [2.24, 2.45) is 0 Å². The molecule has 0 saturated carbocycles. The molecule has 2 rings (SSSR count). The molecule has 0 aliphatic rings. The van der Waals surface area contributed by atoms with Gasteiger partial charge in [0.25, 0.3) is 0 Å². The molecule has 20 heavy (non-hydrogen) atoms. The summed E-state index contributed by atoms with van der Waals surface area (Å²) < 4.78 is 11.1. The Hall–Kier alpha value is -1.78. The van der Waals surface area contributed by atoms with Crippen LogP contribution in [0.1, 0.15) is 11.3 Å². The largest absolute Gasteiger partial charge is 0.493 e. The zero-order chi connectivity index (χ0) is 14.5. The van der Waals surface area contributed by atoms with Gasteiger partial charge in [-0.25, -0.2) is 4.98 Å². The van der Waals surface area contributed by atoms with Crippen LogP contribution in [0.5, 0.6) is 17.4 Å². The summed E-state index contributed by atoms with van der Waals surface area (Å²) in [5.41, 5.74) is 1.85. The van der Waals surface area contributed by atoms with Crippen molar-refractivity contribution in [3.05, 3.63) is 46.6 Å². The highest BCUT2D eigenvalue weighted by molar-refractivity contribution is 6.31. The highest BCUT2D eigenvalue weighted by Gasteiger charge is 2.09. The van der Waals surface area contributed by atoms with Crippen molar-refractivity contribution in [1.29, 1.82) is 0 Å². The number of aromatic nitrogens is 1. The predicted molar refractivity (Wildman–Crippen MR) is 79.8 cm³/mol. The Morgan fingerprint density at radius 1 is 1.20 bits per heavy atom. The molecule has 0 amide bonds. The first kappa shape index (κ1) is 14.6. The van der Waals surface area contributed by atoms with Crippen LogP contribution >= 0.6 is 11.6 Å². The monoisotopic (exact) mass is 292 g/mol. The van der Waals surface area contributed by atoms with Gasteiger partial charge < -0.3 is 14.8 Å². The summed E-state index contributed by atoms with van der Waals surface area (Å²) in [7, 11) is 3.46. The topological polar surface area (TPSA) is 43.4 Å². The first-order valence-electron chi connectivity index (χ1n) is 6.26. The second kappa shape index (κ2) is 6.59. The Kier molecular flexibility index (Phi) is 4.82. The zero-order valence-corrected chi connectivity index (χ0v) is 12.5. The van der Waals surface area contributed by atoms with Gasteiger partial charge in [0.2, 0.25) is 5.88 Å². The minimum absolute atomic E-state index is 0.488. The molecule has 0 saturated heterocycles. The zero-order valence-electron chi connectivity index (χ0n) is 11.7. The maximum Gasteiger partial charge on any atom is 0.219 e. The molecule has 0 radical (unpaired) electrons. The quantitative estimate of drug-likeness (QED) is 0.915. The standard InChI is InChI=1S/C15H17ClN2O2/c1-10-4-6-13(14(8-10)19-3)20-15-7-5-11(16)12(18-15)9-17-2/h4-8,17H,9H2,1-3H3. The van der Waals surface area contributed by atoms with Crippen LogP contribution in [0, 0.1) is 6.92 Å². The summed E-state index contributed by atoms with van der Waals surface area (Å²) >= 11 is 6.07. The SMILES string of the molecule is CNCc1nc(Oc2ccc(C)cc2OC)ccc1Cl. The van der Waals surface area contributed by atoms with Crippen molar-refractivity contribution < 1.29 is 9.47 Å². The maximum absolute atomic E-state index is 6.07. The first-order chi connectivity index (χ1) is 9.63. The minimum Gasteiger partial charge on any atom is -0.493 e. The Labute approximate surface area is 123 Å². The number of nitrogens with one attached hydrogen (secondary N) is 1. The first-order valence-corrected chi connectivity index (χ1v) is 6.64. The van der Waals surface area contributed by atoms with E-state index >= 15 is 0 Å². The van der Waals surface area contributed by atoms with Gasteiger partial charge in [0, 0.05) is 12.6 Å². The van der Waals surface area contributed by atoms with Gasteiger partial charge in [-0.3, -0.25) is 0 Å². The van der Waals surface area contributed by atoms with Crippen molar-refractivity contribution in [3.8, 4) is 17.4 Å². The molecule has 4 nitrogen and oxygen atoms in total. The average molecular weight is 293 g/mol. The fourth-order valence-electron chi connectivity index (χ4n) is 1.78. The molecule has 0 spiro atoms. The van der Waals surface area contributed by atoms with Crippen LogP contribution in [-0.4, -0.2) is 19.1 Å². The fourth-order valence-corrected chi connectivity index (χ4v) is 1.96. The van der Waals surface area contributed by atoms with E-state index in [9.17, 15) is 0 Å². The van der Waals surface area contributed by atoms with Crippen LogP contribution in [0.3, 0.4) is 0 Å². The van der Waals surface area contributed by atoms with Crippen LogP contribution in [0.15, 0.2) is 30.3 Å². The Bertz CT molecular complexity index is 602. The van der Waals surface area contributed by atoms with Gasteiger partial charge in [0.15, 0.2) is 11.5 Å². The number of nitrogens with zero attached hydrogens (tertiary/aromatic N) is 1. The van der Waals surface area contributed by atoms with Gasteiger partial charge in [-0.15, -0.1) is 0 Å². The van der Waals surface area contributed by atoms with Crippen LogP contribution in [0.25, 0.3) is 0 Å². The molecule has 1 N–H and O–H groups in total. The van der Waals surface area contributed by atoms with Crippen LogP contribution in [0.4, 0.5) is 0 Å². The number of aryl methyl sites for hydroxylation is 1. The highest BCUT2D eigenvalue weighted by atomic mass is 35.5. The molecule has 5 heteroatoms. The number of hydrogen-bond acceptors (Lipinski definition) is 4. The van der Waals surface area contributed by atoms with Gasteiger partial charge in [0.1, 0.15) is 0 Å². The lowest BCUT2D eigenvalue weighted by Crippen LogP contribution is -2.08. The van der Waals surface area contributed by atoms with Crippen molar-refractivity contribution in [1.82, 2.24) is 10.3 Å². The fraction of sp³-hybridized carbons (Fsp3) is 0.267. The van der Waals surface area contributed by atoms with Crippen LogP contribution in [-0.2, 0) is 6.54 Å². The average Bonchev–Trinajstić information content (AvgIpc) is 2.44. The highest BCUT2D eigenvalue weighted by Crippen LogP contribution is 2.32. The Balaban J connectivity index is 2.28. The summed E-state index contributed by atoms with van der Waals surface area (Å²) in [6.07, 6.45) is 0. The molecular formula is C15H17ClN2O2. The van der Waals surface area contributed by atoms with Gasteiger partial charge >= 0.3 is 0 Å². The molecular weight excluding hydrogens is 276 g/mol. The molecule has 1 aromatic carbocycles. The second-order valence-electron chi connectivity index (χ2n) is 4.36. The molecule has 2 aromatic rings. The van der Waals surface area contributed by atoms with E-state index in [-0.39, 0.29) is 0 Å². The van der Waals surface area contributed by atoms with E-state index in [4.69, 9.17) is 21.1 Å². The number of benzene rings is 1. The molecule has 0 aliphatic carbocycles. The van der Waals surface area contributed by atoms with E-state index in [0.29, 0.717) is 28.9 Å². The third-order valence-corrected chi connectivity index (χ3v) is 3.12. The van der Waals surface area contributed by atoms with Crippen molar-refractivity contribution in [2.45, 2.75) is 13.5 Å². The molecule has 0 atom stereocenters. The van der Waals surface area contributed by atoms with Gasteiger partial charge in [0.05, 0.1) is 17.8 Å². The number of halogens is 1. The van der Waals surface area contributed by atoms with Crippen molar-refractivity contribution in [3.63, 3.8) is 0 Å². The molecule has 0 bridgehead atoms. The number of methoxy groups -OCH3 is 1. The van der Waals surface area contributed by atoms with Crippen molar-refractivity contribution >= 4 is 11.6 Å². The smallest absolute Gasteiger partial charge is 0.219 e. The Morgan fingerprint density at radius 3 is 2.70 bits per heavy atom. The summed E-state index contributed by atoms with van der Waals surface area (Å²) in [6, 6.07) is 9.25. The van der Waals surface area contributed by atoms with E-state index in [1.807, 2.05) is 32.2 Å². The summed E-state index contributed by atoms with van der Waals surface area (Å²) in [4.78, 5) is 4.38. The molecule has 1 aromatic heterocycles. The van der Waals surface area contributed by atoms with Gasteiger partial charge in [-0.1, -0.05) is 17.7 Å². The molecule has 0 unspecified atom stereocenters. The van der Waals surface area contributed by atoms with Crippen LogP contribution in [0.2, 0.25) is 5.02 Å². The van der Waals surface area contributed by atoms with Crippen LogP contribution < -0.4 is 14.8 Å². The number of pyridine rings is 1. The van der Waals surface area contributed by atoms with Gasteiger partial charge in [-0.05, 0) is 37.7 Å². The minimum atomic E-state index is 0.488. The lowest BCUT2D eigenvalue weighted by atomic mass is 10.2. The maximum atomic E-state index is 6.07. The molecule has 106 valence electrons. The lowest BCUT2D eigenvalue weighted by Gasteiger charge is -2.11. The van der Waals surface area contributed by atoms with E-state index in [1.165, 1.54) is 0 Å². The number of rotatable bonds is 5. The third kappa shape index (κ3) is 3.40. The lowest BCUT2D eigenvalue weighted by molar-refractivity contribution is 0.373. The second-order valence-corrected chi connectivity index (χ2v) is 4.77. The molecule has 0 aliphatic heterocycles. The van der Waals surface area contributed by atoms with E-state index < -0.39 is 0 Å². The number of ether oxygens (including phenoxy) is 2. The Morgan fingerprint density at radius 2 is 2.00 bits per heavy atom. The normalized spacial score (nSPS) is 10.4. The predicted octanol–water partition coefficient (Wildman–Crippen LogP) is 3.56. The summed E-state index contributed by atoms with van der Waals surface area (Å²) in [5, 5.41) is 3.63. The van der Waals surface area contributed by atoms with E-state index in [1.54, 1.807) is 19.2 Å². The van der Waals surface area contributed by atoms with Gasteiger partial charge in [-0.2, -0.15) is 0 Å². The van der Waals surface area contributed by atoms with E-state index in [0.717, 1.165) is 11.3 Å². The summed E-state index contributed by atoms with van der Waals surface area (Å²) in [6.45, 7) is 2.58.